The Labute approximate surface area is 339 Å². The van der Waals surface area contributed by atoms with Gasteiger partial charge in [-0.05, 0) is 237 Å². The van der Waals surface area contributed by atoms with Gasteiger partial charge in [0.05, 0.1) is 0 Å². The van der Waals surface area contributed by atoms with Crippen LogP contribution < -0.4 is 0 Å². The second-order valence-electron chi connectivity index (χ2n) is 24.6. The molecule has 3 fully saturated rings. The maximum atomic E-state index is 8.37. The Morgan fingerprint density at radius 1 is 0.143 bits per heavy atom. The van der Waals surface area contributed by atoms with Gasteiger partial charge in [0.2, 0.25) is 0 Å². The molecule has 0 bridgehead atoms. The summed E-state index contributed by atoms with van der Waals surface area (Å²) >= 11 is 0. The van der Waals surface area contributed by atoms with Crippen molar-refractivity contribution in [2.24, 2.45) is 0 Å². The largest absolute Gasteiger partial charge is 0.343 e. The molecule has 6 spiro atoms. The van der Waals surface area contributed by atoms with Crippen LogP contribution in [0.15, 0.2) is 0 Å². The van der Waals surface area contributed by atoms with Crippen LogP contribution in [-0.4, -0.2) is 0 Å². The summed E-state index contributed by atoms with van der Waals surface area (Å²) in [7, 11) is 0. The third-order valence-electron chi connectivity index (χ3n) is 25.3. The van der Waals surface area contributed by atoms with Gasteiger partial charge in [0.1, 0.15) is 0 Å². The third-order valence-corrected chi connectivity index (χ3v) is 25.3. The Bertz CT molecular complexity index is 6860. The van der Waals surface area contributed by atoms with Gasteiger partial charge in [-0.15, -0.1) is 0 Å². The van der Waals surface area contributed by atoms with Gasteiger partial charge in [-0.3, -0.25) is 0 Å². The zero-order valence-corrected chi connectivity index (χ0v) is 31.2. The van der Waals surface area contributed by atoms with Gasteiger partial charge in [-0.2, -0.15) is 0 Å². The van der Waals surface area contributed by atoms with Crippen molar-refractivity contribution >= 4 is 226 Å². The lowest BCUT2D eigenvalue weighted by molar-refractivity contribution is 0.164. The van der Waals surface area contributed by atoms with E-state index in [0.717, 1.165) is 0 Å². The summed E-state index contributed by atoms with van der Waals surface area (Å²) in [5.74, 6) is 0. The molecular weight excluding hydrogens is 769 g/mol. The summed E-state index contributed by atoms with van der Waals surface area (Å²) in [5.41, 5.74) is 15.5. The fraction of sp³-hybridized carbons (Fsp3) is 0.100. The molecule has 0 N–H and O–H groups in total. The number of hydrogen-bond acceptors (Lipinski definition) is 3. The highest BCUT2D eigenvalue weighted by atomic mass is 16.7. The molecule has 0 amide bonds. The lowest BCUT2D eigenvalue weighted by Crippen LogP contribution is -2.43. The molecule has 22 aromatic carbocycles. The molecule has 6 atom stereocenters. The van der Waals surface area contributed by atoms with Crippen LogP contribution in [0.1, 0.15) is 55.6 Å². The van der Waals surface area contributed by atoms with Crippen molar-refractivity contribution in [2.45, 2.75) is 33.6 Å². The van der Waals surface area contributed by atoms with Crippen LogP contribution in [0.5, 0.6) is 0 Å². The van der Waals surface area contributed by atoms with E-state index in [-0.39, 0.29) is 0 Å². The van der Waals surface area contributed by atoms with E-state index < -0.39 is 33.6 Å². The van der Waals surface area contributed by atoms with Crippen LogP contribution >= 0.6 is 0 Å². The monoisotopic (exact) mass is 768 g/mol. The molecular formula is C60O3. The van der Waals surface area contributed by atoms with E-state index in [9.17, 15) is 0 Å². The van der Waals surface area contributed by atoms with Crippen molar-refractivity contribution in [3.8, 4) is 11.1 Å². The molecule has 3 nitrogen and oxygen atoms in total. The number of epoxide rings is 3. The Morgan fingerprint density at radius 2 is 0.365 bits per heavy atom. The van der Waals surface area contributed by atoms with Gasteiger partial charge in [0, 0.05) is 55.6 Å². The molecule has 13 aliphatic rings. The molecule has 6 unspecified atom stereocenters. The zero-order chi connectivity index (χ0) is 36.3. The van der Waals surface area contributed by atoms with E-state index in [0.29, 0.717) is 0 Å². The fourth-order valence-electron chi connectivity index (χ4n) is 25.6. The SMILES string of the molecule is O1C23c4c5c6c7c8c9c%10c%11c%12c%13c%14c%15c%16c%17c(c-5c2c2c5c%18c%19c%20c(c%21c4c7c4c9c7c%10c9c%12c%10c%12c%13c%16c%13c(c2%17)c5c2c%19c5c%16c%20c(c%214)c7c%16c9c%10c5c2c%13%12)C1%183)C%151OC61C81OC%14%111. The highest BCUT2D eigenvalue weighted by Gasteiger charge is 3.04. The standard InChI is InChI=1S/C60O3/c61-55-45-30-19-8-2-1-4-3-7-15-20(9(3)8)31(30)46(55)33-24(15)18-25-16(7)22-14(4)21-10(1)11-6-5(2)13(19)23-17-12(6)27-26(11)40-35(21)47-34(22)39(25)51-42-29(18)38(33)49-44-43-48(56(49,55)61)36(32(23)45)28(17)37-41(27)54-53(40)57(47)59(51,62-57)60(52(42)44)58(54,63-60)50(37)43. The summed E-state index contributed by atoms with van der Waals surface area (Å²) in [6, 6.07) is 0. The summed E-state index contributed by atoms with van der Waals surface area (Å²) in [6.45, 7) is 0. The van der Waals surface area contributed by atoms with Gasteiger partial charge in [0.25, 0.3) is 0 Å². The highest BCUT2D eigenvalue weighted by molar-refractivity contribution is 6.76. The first-order valence-corrected chi connectivity index (χ1v) is 23.7. The van der Waals surface area contributed by atoms with Crippen molar-refractivity contribution in [1.29, 1.82) is 0 Å². The summed E-state index contributed by atoms with van der Waals surface area (Å²) in [6.07, 6.45) is 0. The van der Waals surface area contributed by atoms with Gasteiger partial charge in [-0.1, -0.05) is 0 Å². The zero-order valence-electron chi connectivity index (χ0n) is 31.2. The van der Waals surface area contributed by atoms with Crippen molar-refractivity contribution < 1.29 is 14.2 Å². The number of benzene rings is 15. The molecule has 258 valence electrons. The van der Waals surface area contributed by atoms with E-state index in [1.807, 2.05) is 0 Å². The van der Waals surface area contributed by atoms with E-state index in [4.69, 9.17) is 14.2 Å². The predicted molar refractivity (Wildman–Crippen MR) is 244 cm³/mol. The van der Waals surface area contributed by atoms with Crippen LogP contribution in [0, 0.1) is 0 Å². The second kappa shape index (κ2) is 4.23. The highest BCUT2D eigenvalue weighted by Crippen LogP contribution is 3.01. The quantitative estimate of drug-likeness (QED) is 0.114. The molecule has 10 aliphatic carbocycles. The van der Waals surface area contributed by atoms with Gasteiger partial charge < -0.3 is 14.2 Å². The molecule has 35 rings (SSSR count). The lowest BCUT2D eigenvalue weighted by Gasteiger charge is -2.35. The molecule has 0 saturated carbocycles. The first kappa shape index (κ1) is 21.3. The van der Waals surface area contributed by atoms with Crippen LogP contribution in [0.3, 0.4) is 0 Å². The van der Waals surface area contributed by atoms with Gasteiger partial charge >= 0.3 is 0 Å². The topological polar surface area (TPSA) is 37.6 Å². The van der Waals surface area contributed by atoms with Crippen LogP contribution in [0.4, 0.5) is 0 Å². The van der Waals surface area contributed by atoms with Crippen LogP contribution in [0.2, 0.25) is 0 Å². The molecule has 0 radical (unpaired) electrons. The van der Waals surface area contributed by atoms with Gasteiger partial charge in [0.15, 0.2) is 33.6 Å². The third kappa shape index (κ3) is 0.935. The van der Waals surface area contributed by atoms with Crippen molar-refractivity contribution in [1.82, 2.24) is 0 Å². The van der Waals surface area contributed by atoms with Crippen molar-refractivity contribution in [3.63, 3.8) is 0 Å². The molecule has 3 heterocycles. The Morgan fingerprint density at radius 3 is 0.778 bits per heavy atom. The van der Waals surface area contributed by atoms with E-state index in [1.54, 1.807) is 293 Å². The van der Waals surface area contributed by atoms with E-state index >= 15 is 0 Å². The predicted octanol–water partition coefficient (Wildman–Crippen LogP) is 13.5. The van der Waals surface area contributed by atoms with Crippen LogP contribution in [0.25, 0.3) is 237 Å². The van der Waals surface area contributed by atoms with Gasteiger partial charge in [-0.25, -0.2) is 0 Å². The van der Waals surface area contributed by atoms with Crippen molar-refractivity contribution in [3.05, 3.63) is 55.6 Å². The molecule has 0 aromatic heterocycles. The maximum absolute atomic E-state index is 8.37. The molecule has 3 heteroatoms. The minimum absolute atomic E-state index is 0.489. The molecule has 63 heavy (non-hydrogen) atoms. The van der Waals surface area contributed by atoms with Crippen molar-refractivity contribution in [2.75, 3.05) is 0 Å². The maximum Gasteiger partial charge on any atom is 0.170 e. The summed E-state index contributed by atoms with van der Waals surface area (Å²) in [4.78, 5) is 0. The second-order valence-corrected chi connectivity index (χ2v) is 24.6. The number of ether oxygens (including phenoxy) is 3. The molecule has 3 aliphatic heterocycles. The Balaban J connectivity index is 1.24. The average Bonchev–Trinajstić information content (AvgIpc) is 3.57. The Kier molecular flexibility index (Phi) is 1.43. The summed E-state index contributed by atoms with van der Waals surface area (Å²) in [5, 5.41) is 67.4. The van der Waals surface area contributed by atoms with E-state index in [2.05, 4.69) is 0 Å². The minimum atomic E-state index is -0.580. The Hall–Kier alpha value is -7.14. The minimum Gasteiger partial charge on any atom is -0.343 e. The normalized spacial score (nSPS) is 34.9. The molecule has 22 aromatic rings. The van der Waals surface area contributed by atoms with E-state index in [1.165, 1.54) is 0 Å². The number of rotatable bonds is 0. The first-order valence-electron chi connectivity index (χ1n) is 23.7. The average molecular weight is 769 g/mol. The molecule has 3 saturated heterocycles. The summed E-state index contributed by atoms with van der Waals surface area (Å²) < 4.78 is 25.0. The van der Waals surface area contributed by atoms with Crippen LogP contribution in [-0.2, 0) is 47.8 Å². The first-order chi connectivity index (χ1) is 31.3. The number of hydrogen-bond donors (Lipinski definition) is 0. The smallest absolute Gasteiger partial charge is 0.170 e. The lowest BCUT2D eigenvalue weighted by atomic mass is 9.57. The fourth-order valence-corrected chi connectivity index (χ4v) is 25.6.